The Bertz CT molecular complexity index is 872. The van der Waals surface area contributed by atoms with Gasteiger partial charge in [-0.3, -0.25) is 4.79 Å². The Labute approximate surface area is 177 Å². The molecule has 0 aliphatic carbocycles. The third-order valence-corrected chi connectivity index (χ3v) is 4.34. The zero-order chi connectivity index (χ0) is 22.3. The van der Waals surface area contributed by atoms with Crippen LogP contribution in [0.5, 0.6) is 11.5 Å². The van der Waals surface area contributed by atoms with Crippen LogP contribution in [0.1, 0.15) is 38.8 Å². The number of carbonyl (C=O) groups is 2. The molecule has 2 rings (SSSR count). The second kappa shape index (κ2) is 10.0. The lowest BCUT2D eigenvalue weighted by molar-refractivity contribution is -0.119. The van der Waals surface area contributed by atoms with Gasteiger partial charge in [-0.2, -0.15) is 0 Å². The monoisotopic (exact) mass is 414 g/mol. The molecule has 0 aromatic heterocycles. The Kier molecular flexibility index (Phi) is 7.69. The maximum Gasteiger partial charge on any atom is 0.407 e. The number of rotatable bonds is 7. The number of hydrogen-bond donors (Lipinski definition) is 3. The van der Waals surface area contributed by atoms with Crippen molar-refractivity contribution >= 4 is 17.7 Å². The zero-order valence-corrected chi connectivity index (χ0v) is 18.1. The number of hydrogen-bond acceptors (Lipinski definition) is 5. The van der Waals surface area contributed by atoms with E-state index in [9.17, 15) is 14.7 Å². The summed E-state index contributed by atoms with van der Waals surface area (Å²) in [6.07, 6.45) is -0.0877. The average Bonchev–Trinajstić information content (AvgIpc) is 2.67. The van der Waals surface area contributed by atoms with E-state index in [0.29, 0.717) is 17.9 Å². The first-order valence-electron chi connectivity index (χ1n) is 9.80. The van der Waals surface area contributed by atoms with Crippen molar-refractivity contribution in [1.29, 1.82) is 0 Å². The van der Waals surface area contributed by atoms with Crippen LogP contribution in [-0.4, -0.2) is 29.8 Å². The summed E-state index contributed by atoms with van der Waals surface area (Å²) in [5, 5.41) is 15.4. The molecule has 0 aliphatic heterocycles. The number of phenols is 1. The quantitative estimate of drug-likeness (QED) is 0.630. The molecule has 7 heteroatoms. The number of amides is 2. The molecule has 2 amide bonds. The van der Waals surface area contributed by atoms with Gasteiger partial charge < -0.3 is 25.2 Å². The number of anilines is 1. The maximum atomic E-state index is 12.6. The van der Waals surface area contributed by atoms with Crippen LogP contribution in [0.25, 0.3) is 0 Å². The van der Waals surface area contributed by atoms with Gasteiger partial charge in [0, 0.05) is 18.2 Å². The third kappa shape index (κ3) is 7.31. The maximum absolute atomic E-state index is 12.6. The van der Waals surface area contributed by atoms with Crippen LogP contribution >= 0.6 is 0 Å². The summed E-state index contributed by atoms with van der Waals surface area (Å²) in [6, 6.07) is 12.0. The van der Waals surface area contributed by atoms with E-state index >= 15 is 0 Å². The van der Waals surface area contributed by atoms with E-state index < -0.39 is 11.7 Å². The van der Waals surface area contributed by atoms with Crippen molar-refractivity contribution in [2.75, 3.05) is 12.4 Å². The van der Waals surface area contributed by atoms with Crippen molar-refractivity contribution in [2.24, 2.45) is 5.92 Å². The van der Waals surface area contributed by atoms with Gasteiger partial charge in [0.15, 0.2) is 0 Å². The second-order valence-electron chi connectivity index (χ2n) is 8.13. The fourth-order valence-corrected chi connectivity index (χ4v) is 2.82. The van der Waals surface area contributed by atoms with Crippen molar-refractivity contribution in [3.05, 3.63) is 53.6 Å². The van der Waals surface area contributed by atoms with Crippen LogP contribution < -0.4 is 15.4 Å². The number of aromatic hydroxyl groups is 1. The first-order valence-corrected chi connectivity index (χ1v) is 9.80. The predicted molar refractivity (Wildman–Crippen MR) is 116 cm³/mol. The fourth-order valence-electron chi connectivity index (χ4n) is 2.82. The standard InChI is InChI=1S/C23H30N2O5/c1-15(21(27)25-18-7-10-20(29-5)11-8-18)12-16-6-9-19(26)13-17(16)14-24-22(28)30-23(2,3)4/h6-11,13,15,26H,12,14H2,1-5H3,(H,24,28)(H,25,27)/t15-/m0/s1. The summed E-state index contributed by atoms with van der Waals surface area (Å²) < 4.78 is 10.4. The van der Waals surface area contributed by atoms with Crippen molar-refractivity contribution in [1.82, 2.24) is 5.32 Å². The zero-order valence-electron chi connectivity index (χ0n) is 18.1. The minimum absolute atomic E-state index is 0.0927. The van der Waals surface area contributed by atoms with Gasteiger partial charge in [0.05, 0.1) is 7.11 Å². The van der Waals surface area contributed by atoms with Crippen LogP contribution in [-0.2, 0) is 22.5 Å². The van der Waals surface area contributed by atoms with Crippen LogP contribution in [0.2, 0.25) is 0 Å². The van der Waals surface area contributed by atoms with Gasteiger partial charge in [-0.1, -0.05) is 13.0 Å². The molecule has 0 saturated carbocycles. The van der Waals surface area contributed by atoms with Crippen molar-refractivity contribution in [2.45, 2.75) is 46.3 Å². The van der Waals surface area contributed by atoms with Crippen molar-refractivity contribution in [3.8, 4) is 11.5 Å². The predicted octanol–water partition coefficient (Wildman–Crippen LogP) is 4.24. The molecule has 30 heavy (non-hydrogen) atoms. The summed E-state index contributed by atoms with van der Waals surface area (Å²) in [5.41, 5.74) is 1.68. The third-order valence-electron chi connectivity index (χ3n) is 4.34. The Hall–Kier alpha value is -3.22. The number of alkyl carbamates (subject to hydrolysis) is 1. The van der Waals surface area contributed by atoms with Gasteiger partial charge in [0.25, 0.3) is 0 Å². The molecule has 2 aromatic carbocycles. The summed E-state index contributed by atoms with van der Waals surface area (Å²) in [7, 11) is 1.59. The fraction of sp³-hybridized carbons (Fsp3) is 0.391. The highest BCUT2D eigenvalue weighted by molar-refractivity contribution is 5.92. The van der Waals surface area contributed by atoms with Crippen LogP contribution in [0.15, 0.2) is 42.5 Å². The molecule has 2 aromatic rings. The summed E-state index contributed by atoms with van der Waals surface area (Å²) >= 11 is 0. The molecule has 0 aliphatic rings. The van der Waals surface area contributed by atoms with E-state index in [4.69, 9.17) is 9.47 Å². The molecule has 0 unspecified atom stereocenters. The molecule has 0 saturated heterocycles. The highest BCUT2D eigenvalue weighted by atomic mass is 16.6. The Morgan fingerprint density at radius 3 is 2.33 bits per heavy atom. The molecule has 0 fully saturated rings. The van der Waals surface area contributed by atoms with Gasteiger partial charge in [-0.25, -0.2) is 4.79 Å². The molecular formula is C23H30N2O5. The lowest BCUT2D eigenvalue weighted by Crippen LogP contribution is -2.32. The lowest BCUT2D eigenvalue weighted by atomic mass is 9.95. The second-order valence-corrected chi connectivity index (χ2v) is 8.13. The van der Waals surface area contributed by atoms with Crippen LogP contribution in [0.3, 0.4) is 0 Å². The number of methoxy groups -OCH3 is 1. The number of carbonyl (C=O) groups excluding carboxylic acids is 2. The number of benzene rings is 2. The van der Waals surface area contributed by atoms with Crippen molar-refractivity contribution < 1.29 is 24.2 Å². The average molecular weight is 415 g/mol. The molecule has 7 nitrogen and oxygen atoms in total. The van der Waals surface area contributed by atoms with Crippen molar-refractivity contribution in [3.63, 3.8) is 0 Å². The van der Waals surface area contributed by atoms with E-state index in [-0.39, 0.29) is 24.1 Å². The number of ether oxygens (including phenoxy) is 2. The van der Waals surface area contributed by atoms with Gasteiger partial charge in [0.1, 0.15) is 17.1 Å². The smallest absolute Gasteiger partial charge is 0.407 e. The molecule has 0 spiro atoms. The minimum Gasteiger partial charge on any atom is -0.508 e. The molecule has 162 valence electrons. The molecule has 1 atom stereocenters. The molecule has 0 bridgehead atoms. The molecule has 3 N–H and O–H groups in total. The van der Waals surface area contributed by atoms with Crippen LogP contribution in [0, 0.1) is 5.92 Å². The number of phenolic OH excluding ortho intramolecular Hbond substituents is 1. The molecule has 0 heterocycles. The highest BCUT2D eigenvalue weighted by Gasteiger charge is 2.18. The largest absolute Gasteiger partial charge is 0.508 e. The van der Waals surface area contributed by atoms with E-state index in [0.717, 1.165) is 11.1 Å². The van der Waals surface area contributed by atoms with Gasteiger partial charge in [0.2, 0.25) is 5.91 Å². The SMILES string of the molecule is COc1ccc(NC(=O)[C@@H](C)Cc2ccc(O)cc2CNC(=O)OC(C)(C)C)cc1. The van der Waals surface area contributed by atoms with Crippen LogP contribution in [0.4, 0.5) is 10.5 Å². The Morgan fingerprint density at radius 1 is 1.07 bits per heavy atom. The summed E-state index contributed by atoms with van der Waals surface area (Å²) in [4.78, 5) is 24.5. The lowest BCUT2D eigenvalue weighted by Gasteiger charge is -2.20. The van der Waals surface area contributed by atoms with E-state index in [1.165, 1.54) is 0 Å². The Morgan fingerprint density at radius 2 is 1.73 bits per heavy atom. The van der Waals surface area contributed by atoms with Gasteiger partial charge >= 0.3 is 6.09 Å². The molecule has 0 radical (unpaired) electrons. The van der Waals surface area contributed by atoms with Gasteiger partial charge in [-0.15, -0.1) is 0 Å². The normalized spacial score (nSPS) is 12.0. The highest BCUT2D eigenvalue weighted by Crippen LogP contribution is 2.21. The minimum atomic E-state index is -0.597. The topological polar surface area (TPSA) is 96.9 Å². The van der Waals surface area contributed by atoms with E-state index in [1.54, 1.807) is 70.3 Å². The first kappa shape index (κ1) is 23.1. The summed E-state index contributed by atoms with van der Waals surface area (Å²) in [6.45, 7) is 7.38. The summed E-state index contributed by atoms with van der Waals surface area (Å²) in [5.74, 6) is 0.360. The molecular weight excluding hydrogens is 384 g/mol. The van der Waals surface area contributed by atoms with E-state index in [2.05, 4.69) is 10.6 Å². The number of nitrogens with one attached hydrogen (secondary N) is 2. The Balaban J connectivity index is 2.02. The van der Waals surface area contributed by atoms with E-state index in [1.807, 2.05) is 6.92 Å². The van der Waals surface area contributed by atoms with Gasteiger partial charge in [-0.05, 0) is 74.7 Å². The first-order chi connectivity index (χ1) is 14.1.